The van der Waals surface area contributed by atoms with E-state index in [2.05, 4.69) is 15.5 Å². The number of hydrogen-bond acceptors (Lipinski definition) is 6. The molecule has 0 spiro atoms. The van der Waals surface area contributed by atoms with Gasteiger partial charge in [0.1, 0.15) is 11.5 Å². The number of hydrogen-bond donors (Lipinski definition) is 1. The molecule has 130 valence electrons. The van der Waals surface area contributed by atoms with Gasteiger partial charge in [0.15, 0.2) is 0 Å². The van der Waals surface area contributed by atoms with Crippen LogP contribution in [-0.2, 0) is 0 Å². The number of nitrogens with zero attached hydrogens (tertiary/aromatic N) is 3. The molecule has 0 fully saturated rings. The van der Waals surface area contributed by atoms with Crippen LogP contribution in [0.1, 0.15) is 21.7 Å². The Labute approximate surface area is 148 Å². The first-order valence-corrected chi connectivity index (χ1v) is 7.63. The summed E-state index contributed by atoms with van der Waals surface area (Å²) in [5.41, 5.74) is 4.22. The van der Waals surface area contributed by atoms with E-state index in [1.807, 2.05) is 6.92 Å². The van der Waals surface area contributed by atoms with Crippen LogP contribution in [0.15, 0.2) is 64.4 Å². The highest BCUT2D eigenvalue weighted by molar-refractivity contribution is 5.94. The molecule has 1 N–H and O–H groups in total. The molecule has 8 heteroatoms. The minimum absolute atomic E-state index is 0.0130. The van der Waals surface area contributed by atoms with Crippen molar-refractivity contribution in [3.05, 3.63) is 81.9 Å². The number of furan rings is 1. The Morgan fingerprint density at radius 1 is 1.31 bits per heavy atom. The molecule has 26 heavy (non-hydrogen) atoms. The van der Waals surface area contributed by atoms with Crippen LogP contribution in [0.25, 0.3) is 11.3 Å². The van der Waals surface area contributed by atoms with Gasteiger partial charge in [-0.3, -0.25) is 19.9 Å². The van der Waals surface area contributed by atoms with Crippen molar-refractivity contribution in [1.82, 2.24) is 10.4 Å². The van der Waals surface area contributed by atoms with Crippen LogP contribution in [0.4, 0.5) is 5.69 Å². The lowest BCUT2D eigenvalue weighted by atomic mass is 10.1. The van der Waals surface area contributed by atoms with E-state index in [0.29, 0.717) is 22.6 Å². The predicted octanol–water partition coefficient (Wildman–Crippen LogP) is 3.32. The number of nitro benzene ring substituents is 1. The first-order valence-electron chi connectivity index (χ1n) is 7.63. The molecule has 1 aromatic carbocycles. The topological polar surface area (TPSA) is 111 Å². The lowest BCUT2D eigenvalue weighted by Crippen LogP contribution is -2.17. The summed E-state index contributed by atoms with van der Waals surface area (Å²) < 4.78 is 5.64. The molecule has 3 aromatic rings. The van der Waals surface area contributed by atoms with Crippen LogP contribution < -0.4 is 5.43 Å². The van der Waals surface area contributed by atoms with E-state index in [-0.39, 0.29) is 5.69 Å². The van der Waals surface area contributed by atoms with Gasteiger partial charge in [0, 0.05) is 30.1 Å². The van der Waals surface area contributed by atoms with Crippen LogP contribution >= 0.6 is 0 Å². The van der Waals surface area contributed by atoms with Gasteiger partial charge in [-0.1, -0.05) is 6.07 Å². The molecule has 0 atom stereocenters. The number of hydrazone groups is 1. The lowest BCUT2D eigenvalue weighted by Gasteiger charge is -2.02. The number of nitrogens with one attached hydrogen (secondary N) is 1. The summed E-state index contributed by atoms with van der Waals surface area (Å²) in [7, 11) is 0. The van der Waals surface area contributed by atoms with Crippen molar-refractivity contribution in [2.45, 2.75) is 6.92 Å². The van der Waals surface area contributed by atoms with Crippen LogP contribution in [0.5, 0.6) is 0 Å². The Kier molecular flexibility index (Phi) is 4.84. The molecule has 1 amide bonds. The van der Waals surface area contributed by atoms with Gasteiger partial charge in [0.05, 0.1) is 16.7 Å². The van der Waals surface area contributed by atoms with Gasteiger partial charge >= 0.3 is 0 Å². The first-order chi connectivity index (χ1) is 12.5. The Morgan fingerprint density at radius 3 is 2.88 bits per heavy atom. The quantitative estimate of drug-likeness (QED) is 0.431. The van der Waals surface area contributed by atoms with Crippen LogP contribution in [0, 0.1) is 17.0 Å². The zero-order valence-electron chi connectivity index (χ0n) is 13.7. The van der Waals surface area contributed by atoms with E-state index >= 15 is 0 Å². The van der Waals surface area contributed by atoms with Gasteiger partial charge < -0.3 is 4.42 Å². The molecule has 2 heterocycles. The van der Waals surface area contributed by atoms with E-state index in [1.54, 1.807) is 36.5 Å². The predicted molar refractivity (Wildman–Crippen MR) is 94.8 cm³/mol. The number of aromatic nitrogens is 1. The standard InChI is InChI=1S/C18H14N4O4/c1-12-4-5-14(22(24)25)9-16(12)17-7-6-15(26-17)11-20-21-18(23)13-3-2-8-19-10-13/h2-11H,1H3,(H,21,23)/b20-11-. The van der Waals surface area contributed by atoms with Crippen LogP contribution in [0.2, 0.25) is 0 Å². The molecule has 0 saturated heterocycles. The smallest absolute Gasteiger partial charge is 0.272 e. The number of pyridine rings is 1. The van der Waals surface area contributed by atoms with Crippen molar-refractivity contribution in [1.29, 1.82) is 0 Å². The summed E-state index contributed by atoms with van der Waals surface area (Å²) in [5.74, 6) is 0.485. The van der Waals surface area contributed by atoms with E-state index in [4.69, 9.17) is 4.42 Å². The SMILES string of the molecule is Cc1ccc([N+](=O)[O-])cc1-c1ccc(/C=N\NC(=O)c2cccnc2)o1. The number of benzene rings is 1. The zero-order valence-corrected chi connectivity index (χ0v) is 13.7. The maximum atomic E-state index is 11.8. The fourth-order valence-electron chi connectivity index (χ4n) is 2.27. The van der Waals surface area contributed by atoms with E-state index in [0.717, 1.165) is 5.56 Å². The van der Waals surface area contributed by atoms with Gasteiger partial charge in [-0.25, -0.2) is 5.43 Å². The number of carbonyl (C=O) groups excluding carboxylic acids is 1. The summed E-state index contributed by atoms with van der Waals surface area (Å²) in [6, 6.07) is 11.2. The van der Waals surface area contributed by atoms with Gasteiger partial charge in [0.25, 0.3) is 11.6 Å². The zero-order chi connectivity index (χ0) is 18.5. The minimum atomic E-state index is -0.456. The Morgan fingerprint density at radius 2 is 2.15 bits per heavy atom. The lowest BCUT2D eigenvalue weighted by molar-refractivity contribution is -0.384. The first kappa shape index (κ1) is 17.0. The molecule has 8 nitrogen and oxygen atoms in total. The van der Waals surface area contributed by atoms with Crippen molar-refractivity contribution in [2.75, 3.05) is 0 Å². The average Bonchev–Trinajstić information content (AvgIpc) is 3.11. The number of nitro groups is 1. The summed E-state index contributed by atoms with van der Waals surface area (Å²) in [5, 5.41) is 14.8. The Balaban J connectivity index is 1.73. The third-order valence-electron chi connectivity index (χ3n) is 3.61. The maximum absolute atomic E-state index is 11.8. The van der Waals surface area contributed by atoms with Crippen LogP contribution in [0.3, 0.4) is 0 Å². The Bertz CT molecular complexity index is 980. The van der Waals surface area contributed by atoms with E-state index < -0.39 is 10.8 Å². The number of carbonyl (C=O) groups is 1. The summed E-state index contributed by atoms with van der Waals surface area (Å²) in [4.78, 5) is 26.2. The second-order valence-corrected chi connectivity index (χ2v) is 5.40. The summed E-state index contributed by atoms with van der Waals surface area (Å²) in [6.07, 6.45) is 4.35. The third-order valence-corrected chi connectivity index (χ3v) is 3.61. The van der Waals surface area contributed by atoms with E-state index in [1.165, 1.54) is 24.5 Å². The molecule has 3 rings (SSSR count). The highest BCUT2D eigenvalue weighted by Crippen LogP contribution is 2.28. The molecule has 0 bridgehead atoms. The number of amides is 1. The molecule has 2 aromatic heterocycles. The molecule has 0 saturated carbocycles. The van der Waals surface area contributed by atoms with Crippen LogP contribution in [-0.4, -0.2) is 22.0 Å². The highest BCUT2D eigenvalue weighted by atomic mass is 16.6. The number of rotatable bonds is 5. The maximum Gasteiger partial charge on any atom is 0.272 e. The third kappa shape index (κ3) is 3.81. The molecule has 0 unspecified atom stereocenters. The van der Waals surface area contributed by atoms with Gasteiger partial charge in [-0.15, -0.1) is 0 Å². The largest absolute Gasteiger partial charge is 0.455 e. The summed E-state index contributed by atoms with van der Waals surface area (Å²) in [6.45, 7) is 1.84. The minimum Gasteiger partial charge on any atom is -0.455 e. The fourth-order valence-corrected chi connectivity index (χ4v) is 2.27. The number of non-ortho nitro benzene ring substituents is 1. The van der Waals surface area contributed by atoms with Crippen molar-refractivity contribution in [2.24, 2.45) is 5.10 Å². The molecule has 0 aliphatic heterocycles. The normalized spacial score (nSPS) is 10.8. The monoisotopic (exact) mass is 350 g/mol. The van der Waals surface area contributed by atoms with Gasteiger partial charge in [-0.05, 0) is 36.8 Å². The van der Waals surface area contributed by atoms with E-state index in [9.17, 15) is 14.9 Å². The van der Waals surface area contributed by atoms with Gasteiger partial charge in [-0.2, -0.15) is 5.10 Å². The average molecular weight is 350 g/mol. The van der Waals surface area contributed by atoms with Gasteiger partial charge in [0.2, 0.25) is 0 Å². The molecule has 0 aliphatic rings. The van der Waals surface area contributed by atoms with Crippen molar-refractivity contribution >= 4 is 17.8 Å². The van der Waals surface area contributed by atoms with Crippen molar-refractivity contribution in [3.63, 3.8) is 0 Å². The molecule has 0 radical (unpaired) electrons. The number of aryl methyl sites for hydroxylation is 1. The highest BCUT2D eigenvalue weighted by Gasteiger charge is 2.13. The molecular formula is C18H14N4O4. The van der Waals surface area contributed by atoms with Crippen molar-refractivity contribution in [3.8, 4) is 11.3 Å². The second kappa shape index (κ2) is 7.39. The Hall–Kier alpha value is -3.81. The molecule has 0 aliphatic carbocycles. The second-order valence-electron chi connectivity index (χ2n) is 5.40. The van der Waals surface area contributed by atoms with Crippen molar-refractivity contribution < 1.29 is 14.1 Å². The molecular weight excluding hydrogens is 336 g/mol. The fraction of sp³-hybridized carbons (Fsp3) is 0.0556. The summed E-state index contributed by atoms with van der Waals surface area (Å²) >= 11 is 0.